The summed E-state index contributed by atoms with van der Waals surface area (Å²) >= 11 is 12.2. The summed E-state index contributed by atoms with van der Waals surface area (Å²) in [6.07, 6.45) is 7.74. The van der Waals surface area contributed by atoms with E-state index in [0.717, 1.165) is 17.4 Å². The molecular weight excluding hydrogens is 331 g/mol. The van der Waals surface area contributed by atoms with Crippen LogP contribution in [0.3, 0.4) is 0 Å². The maximum Gasteiger partial charge on any atom is 0.201 e. The fourth-order valence-corrected chi connectivity index (χ4v) is 2.77. The van der Waals surface area contributed by atoms with E-state index >= 15 is 0 Å². The topological polar surface area (TPSA) is 41.8 Å². The summed E-state index contributed by atoms with van der Waals surface area (Å²) in [5, 5.41) is 1.01. The lowest BCUT2D eigenvalue weighted by atomic mass is 9.91. The monoisotopic (exact) mass is 342 g/mol. The first-order valence-corrected chi connectivity index (χ1v) is 7.68. The summed E-state index contributed by atoms with van der Waals surface area (Å²) < 4.78 is 0. The van der Waals surface area contributed by atoms with Gasteiger partial charge in [0, 0.05) is 34.1 Å². The van der Waals surface area contributed by atoms with Crippen molar-refractivity contribution in [1.82, 2.24) is 0 Å². The highest BCUT2D eigenvalue weighted by atomic mass is 35.5. The van der Waals surface area contributed by atoms with Gasteiger partial charge in [-0.25, -0.2) is 0 Å². The lowest BCUT2D eigenvalue weighted by Crippen LogP contribution is -2.23. The molecule has 1 heterocycles. The number of aldehydes is 1. The third-order valence-electron chi connectivity index (χ3n) is 3.58. The second-order valence-electron chi connectivity index (χ2n) is 4.97. The van der Waals surface area contributed by atoms with Gasteiger partial charge < -0.3 is 0 Å². The number of allylic oxidation sites excluding steroid dienone is 2. The van der Waals surface area contributed by atoms with Crippen molar-refractivity contribution in [2.45, 2.75) is 5.66 Å². The first-order chi connectivity index (χ1) is 11.2. The molecule has 0 aliphatic carbocycles. The minimum Gasteiger partial charge on any atom is -0.298 e. The molecule has 2 aromatic rings. The number of nitrogens with zero attached hydrogens (tertiary/aromatic N) is 2. The van der Waals surface area contributed by atoms with Crippen LogP contribution in [0, 0.1) is 0 Å². The molecule has 0 N–H and O–H groups in total. The third-order valence-corrected chi connectivity index (χ3v) is 4.16. The highest BCUT2D eigenvalue weighted by Crippen LogP contribution is 2.37. The molecule has 0 unspecified atom stereocenters. The minimum atomic E-state index is -0.959. The number of hydrogen-bond acceptors (Lipinski definition) is 3. The van der Waals surface area contributed by atoms with Crippen molar-refractivity contribution in [2.24, 2.45) is 9.98 Å². The largest absolute Gasteiger partial charge is 0.298 e. The first-order valence-electron chi connectivity index (χ1n) is 6.93. The molecular formula is C18H12Cl2N2O. The van der Waals surface area contributed by atoms with Crippen molar-refractivity contribution >= 4 is 41.9 Å². The quantitative estimate of drug-likeness (QED) is 0.744. The van der Waals surface area contributed by atoms with E-state index in [1.807, 2.05) is 30.4 Å². The molecule has 0 amide bonds. The third kappa shape index (κ3) is 2.98. The average Bonchev–Trinajstić information content (AvgIpc) is 2.82. The Hall–Kier alpha value is -2.23. The fraction of sp³-hybridized carbons (Fsp3) is 0.0556. The first kappa shape index (κ1) is 15.7. The van der Waals surface area contributed by atoms with Gasteiger partial charge in [-0.2, -0.15) is 0 Å². The maximum absolute atomic E-state index is 11.0. The van der Waals surface area contributed by atoms with Gasteiger partial charge in [0.2, 0.25) is 5.66 Å². The van der Waals surface area contributed by atoms with Crippen LogP contribution < -0.4 is 0 Å². The Bertz CT molecular complexity index is 807. The zero-order valence-corrected chi connectivity index (χ0v) is 13.5. The molecule has 23 heavy (non-hydrogen) atoms. The number of aliphatic imine (C=N–C) groups is 2. The van der Waals surface area contributed by atoms with Gasteiger partial charge in [0.25, 0.3) is 0 Å². The van der Waals surface area contributed by atoms with Gasteiger partial charge in [0.1, 0.15) is 0 Å². The Labute approximate surface area is 144 Å². The molecule has 0 atom stereocenters. The van der Waals surface area contributed by atoms with Crippen LogP contribution in [-0.4, -0.2) is 18.7 Å². The summed E-state index contributed by atoms with van der Waals surface area (Å²) in [6.45, 7) is 0. The summed E-state index contributed by atoms with van der Waals surface area (Å²) in [7, 11) is 0. The Balaban J connectivity index is 2.22. The number of carbonyl (C=O) groups excluding carboxylic acids is 1. The smallest absolute Gasteiger partial charge is 0.201 e. The molecule has 114 valence electrons. The van der Waals surface area contributed by atoms with Gasteiger partial charge >= 0.3 is 0 Å². The Morgan fingerprint density at radius 3 is 2.04 bits per heavy atom. The average molecular weight is 343 g/mol. The van der Waals surface area contributed by atoms with E-state index in [9.17, 15) is 4.79 Å². The highest BCUT2D eigenvalue weighted by Gasteiger charge is 2.33. The zero-order chi connectivity index (χ0) is 16.3. The zero-order valence-electron chi connectivity index (χ0n) is 12.0. The standard InChI is InChI=1S/C18H12Cl2N2O/c19-16-7-5-14(6-8-16)18(21-9-1-2-10-22-18)15-4-3-13(12-23)17(20)11-15/h1-12H. The second kappa shape index (κ2) is 6.49. The molecule has 2 aromatic carbocycles. The molecule has 0 spiro atoms. The van der Waals surface area contributed by atoms with Crippen molar-refractivity contribution < 1.29 is 4.79 Å². The van der Waals surface area contributed by atoms with E-state index in [1.165, 1.54) is 0 Å². The van der Waals surface area contributed by atoms with Crippen LogP contribution >= 0.6 is 23.2 Å². The Morgan fingerprint density at radius 2 is 1.48 bits per heavy atom. The van der Waals surface area contributed by atoms with Gasteiger partial charge in [-0.1, -0.05) is 41.4 Å². The van der Waals surface area contributed by atoms with E-state index < -0.39 is 5.66 Å². The van der Waals surface area contributed by atoms with E-state index in [4.69, 9.17) is 23.2 Å². The van der Waals surface area contributed by atoms with Gasteiger partial charge in [0.05, 0.1) is 5.02 Å². The maximum atomic E-state index is 11.0. The lowest BCUT2D eigenvalue weighted by molar-refractivity contribution is 0.112. The number of hydrogen-bond donors (Lipinski definition) is 0. The molecule has 0 fully saturated rings. The predicted octanol–water partition coefficient (Wildman–Crippen LogP) is 4.72. The van der Waals surface area contributed by atoms with Crippen LogP contribution in [0.4, 0.5) is 0 Å². The highest BCUT2D eigenvalue weighted by molar-refractivity contribution is 6.33. The molecule has 3 nitrogen and oxygen atoms in total. The van der Waals surface area contributed by atoms with Gasteiger partial charge in [0.15, 0.2) is 6.29 Å². The number of halogens is 2. The SMILES string of the molecule is O=Cc1ccc(C2(c3ccc(Cl)cc3)N=CC=CC=N2)cc1Cl. The lowest BCUT2D eigenvalue weighted by Gasteiger charge is -2.26. The van der Waals surface area contributed by atoms with Crippen LogP contribution in [-0.2, 0) is 5.66 Å². The second-order valence-corrected chi connectivity index (χ2v) is 5.82. The molecule has 5 heteroatoms. The number of benzene rings is 2. The van der Waals surface area contributed by atoms with Crippen molar-refractivity contribution in [3.8, 4) is 0 Å². The van der Waals surface area contributed by atoms with E-state index in [2.05, 4.69) is 9.98 Å². The molecule has 0 saturated carbocycles. The summed E-state index contributed by atoms with van der Waals surface area (Å²) in [5.74, 6) is 0. The molecule has 0 radical (unpaired) electrons. The van der Waals surface area contributed by atoms with Crippen molar-refractivity contribution in [2.75, 3.05) is 0 Å². The van der Waals surface area contributed by atoms with Gasteiger partial charge in [-0.05, 0) is 36.4 Å². The van der Waals surface area contributed by atoms with E-state index in [-0.39, 0.29) is 0 Å². The molecule has 3 rings (SSSR count). The van der Waals surface area contributed by atoms with Crippen molar-refractivity contribution in [3.05, 3.63) is 81.4 Å². The van der Waals surface area contributed by atoms with Crippen LogP contribution in [0.5, 0.6) is 0 Å². The number of rotatable bonds is 3. The predicted molar refractivity (Wildman–Crippen MR) is 95.2 cm³/mol. The van der Waals surface area contributed by atoms with Crippen LogP contribution in [0.25, 0.3) is 0 Å². The summed E-state index contributed by atoms with van der Waals surface area (Å²) in [5.41, 5.74) is 1.10. The van der Waals surface area contributed by atoms with Crippen LogP contribution in [0.15, 0.2) is 64.6 Å². The normalized spacial score (nSPS) is 15.4. The van der Waals surface area contributed by atoms with Crippen LogP contribution in [0.2, 0.25) is 10.0 Å². The van der Waals surface area contributed by atoms with Gasteiger partial charge in [-0.15, -0.1) is 0 Å². The van der Waals surface area contributed by atoms with Gasteiger partial charge in [-0.3, -0.25) is 14.8 Å². The van der Waals surface area contributed by atoms with E-state index in [0.29, 0.717) is 15.6 Å². The molecule has 0 aromatic heterocycles. The molecule has 1 aliphatic heterocycles. The number of carbonyl (C=O) groups is 1. The minimum absolute atomic E-state index is 0.369. The Morgan fingerprint density at radius 1 is 0.870 bits per heavy atom. The molecule has 0 bridgehead atoms. The molecule has 1 aliphatic rings. The van der Waals surface area contributed by atoms with Crippen molar-refractivity contribution in [3.63, 3.8) is 0 Å². The molecule has 0 saturated heterocycles. The fourth-order valence-electron chi connectivity index (χ4n) is 2.42. The Kier molecular flexibility index (Phi) is 4.42. The summed E-state index contributed by atoms with van der Waals surface area (Å²) in [4.78, 5) is 20.2. The summed E-state index contributed by atoms with van der Waals surface area (Å²) in [6, 6.07) is 12.6. The van der Waals surface area contributed by atoms with Crippen molar-refractivity contribution in [1.29, 1.82) is 0 Å². The van der Waals surface area contributed by atoms with Crippen LogP contribution in [0.1, 0.15) is 21.5 Å². The van der Waals surface area contributed by atoms with E-state index in [1.54, 1.807) is 36.7 Å².